The highest BCUT2D eigenvalue weighted by Crippen LogP contribution is 2.35. The lowest BCUT2D eigenvalue weighted by atomic mass is 10.0. The molecule has 1 aromatic heterocycles. The van der Waals surface area contributed by atoms with E-state index in [1.807, 2.05) is 11.3 Å². The van der Waals surface area contributed by atoms with Gasteiger partial charge in [0, 0.05) is 6.04 Å². The fraction of sp³-hybridized carbons (Fsp3) is 0.667. The van der Waals surface area contributed by atoms with Gasteiger partial charge >= 0.3 is 0 Å². The predicted octanol–water partition coefficient (Wildman–Crippen LogP) is 3.38. The minimum Gasteiger partial charge on any atom is -0.314 e. The van der Waals surface area contributed by atoms with E-state index in [0.29, 0.717) is 0 Å². The smallest absolute Gasteiger partial charge is 0.00731 e. The van der Waals surface area contributed by atoms with Crippen molar-refractivity contribution in [2.45, 2.75) is 44.6 Å². The van der Waals surface area contributed by atoms with E-state index in [0.717, 1.165) is 12.0 Å². The molecule has 0 spiro atoms. The summed E-state index contributed by atoms with van der Waals surface area (Å²) in [5.74, 6) is 0.829. The summed E-state index contributed by atoms with van der Waals surface area (Å²) in [6.07, 6.45) is 5.33. The molecule has 2 atom stereocenters. The van der Waals surface area contributed by atoms with Gasteiger partial charge in [0.1, 0.15) is 0 Å². The first-order valence-electron chi connectivity index (χ1n) is 5.65. The van der Waals surface area contributed by atoms with Crippen LogP contribution in [0, 0.1) is 0 Å². The molecule has 0 aromatic carbocycles. The molecule has 0 aliphatic heterocycles. The molecule has 0 bridgehead atoms. The van der Waals surface area contributed by atoms with Crippen LogP contribution in [0.25, 0.3) is 0 Å². The lowest BCUT2D eigenvalue weighted by molar-refractivity contribution is 0.517. The molecular formula is C12H19NS. The summed E-state index contributed by atoms with van der Waals surface area (Å²) in [7, 11) is 0. The summed E-state index contributed by atoms with van der Waals surface area (Å²) >= 11 is 1.83. The van der Waals surface area contributed by atoms with Crippen molar-refractivity contribution < 1.29 is 0 Å². The maximum Gasteiger partial charge on any atom is 0.00731 e. The molecule has 1 N–H and O–H groups in total. The maximum absolute atomic E-state index is 3.63. The minimum absolute atomic E-state index is 0.778. The minimum atomic E-state index is 0.778. The van der Waals surface area contributed by atoms with Gasteiger partial charge in [0.05, 0.1) is 0 Å². The van der Waals surface area contributed by atoms with Crippen LogP contribution in [0.4, 0.5) is 0 Å². The Labute approximate surface area is 90.5 Å². The van der Waals surface area contributed by atoms with Gasteiger partial charge in [-0.3, -0.25) is 0 Å². The van der Waals surface area contributed by atoms with Crippen LogP contribution in [0.2, 0.25) is 0 Å². The Morgan fingerprint density at radius 1 is 1.50 bits per heavy atom. The van der Waals surface area contributed by atoms with Gasteiger partial charge in [0.2, 0.25) is 0 Å². The van der Waals surface area contributed by atoms with E-state index in [2.05, 4.69) is 29.1 Å². The van der Waals surface area contributed by atoms with E-state index in [1.165, 1.54) is 32.2 Å². The second-order valence-electron chi connectivity index (χ2n) is 4.22. The Hall–Kier alpha value is -0.340. The van der Waals surface area contributed by atoms with Gasteiger partial charge in [-0.1, -0.05) is 6.92 Å². The van der Waals surface area contributed by atoms with E-state index in [-0.39, 0.29) is 0 Å². The highest BCUT2D eigenvalue weighted by Gasteiger charge is 2.25. The molecule has 0 saturated heterocycles. The molecule has 0 radical (unpaired) electrons. The zero-order valence-corrected chi connectivity index (χ0v) is 9.65. The van der Waals surface area contributed by atoms with Crippen LogP contribution in [0.5, 0.6) is 0 Å². The number of rotatable bonds is 4. The maximum atomic E-state index is 3.63. The monoisotopic (exact) mass is 209 g/mol. The molecule has 0 amide bonds. The molecule has 1 heterocycles. The number of hydrogen-bond donors (Lipinski definition) is 1. The van der Waals surface area contributed by atoms with Crippen molar-refractivity contribution in [3.63, 3.8) is 0 Å². The Morgan fingerprint density at radius 2 is 2.43 bits per heavy atom. The fourth-order valence-corrected chi connectivity index (χ4v) is 3.07. The topological polar surface area (TPSA) is 12.0 Å². The van der Waals surface area contributed by atoms with E-state index >= 15 is 0 Å². The van der Waals surface area contributed by atoms with Crippen molar-refractivity contribution in [1.82, 2.24) is 5.32 Å². The molecule has 2 unspecified atom stereocenters. The van der Waals surface area contributed by atoms with Gasteiger partial charge in [-0.25, -0.2) is 0 Å². The quantitative estimate of drug-likeness (QED) is 0.801. The lowest BCUT2D eigenvalue weighted by Crippen LogP contribution is -2.26. The average Bonchev–Trinajstić information content (AvgIpc) is 2.85. The molecular weight excluding hydrogens is 190 g/mol. The molecule has 1 saturated carbocycles. The van der Waals surface area contributed by atoms with Gasteiger partial charge in [-0.15, -0.1) is 0 Å². The van der Waals surface area contributed by atoms with Gasteiger partial charge in [-0.05, 0) is 60.5 Å². The largest absolute Gasteiger partial charge is 0.314 e. The SMILES string of the molecule is CCCNC1CCC(c2ccsc2)C1. The van der Waals surface area contributed by atoms with Gasteiger partial charge in [0.15, 0.2) is 0 Å². The first kappa shape index (κ1) is 10.2. The summed E-state index contributed by atoms with van der Waals surface area (Å²) < 4.78 is 0. The summed E-state index contributed by atoms with van der Waals surface area (Å²) in [5.41, 5.74) is 1.57. The summed E-state index contributed by atoms with van der Waals surface area (Å²) in [4.78, 5) is 0. The number of thiophene rings is 1. The average molecular weight is 209 g/mol. The molecule has 1 aromatic rings. The first-order valence-corrected chi connectivity index (χ1v) is 6.60. The zero-order chi connectivity index (χ0) is 9.80. The van der Waals surface area contributed by atoms with Crippen molar-refractivity contribution in [3.05, 3.63) is 22.4 Å². The third kappa shape index (κ3) is 2.37. The molecule has 78 valence electrons. The van der Waals surface area contributed by atoms with Crippen molar-refractivity contribution in [2.24, 2.45) is 0 Å². The second-order valence-corrected chi connectivity index (χ2v) is 5.00. The molecule has 1 fully saturated rings. The van der Waals surface area contributed by atoms with Crippen LogP contribution in [-0.4, -0.2) is 12.6 Å². The molecule has 1 aliphatic carbocycles. The highest BCUT2D eigenvalue weighted by atomic mass is 32.1. The molecule has 1 aliphatic rings. The number of hydrogen-bond acceptors (Lipinski definition) is 2. The van der Waals surface area contributed by atoms with Gasteiger partial charge in [0.25, 0.3) is 0 Å². The summed E-state index contributed by atoms with van der Waals surface area (Å²) in [6.45, 7) is 3.42. The lowest BCUT2D eigenvalue weighted by Gasteiger charge is -2.11. The normalized spacial score (nSPS) is 26.9. The highest BCUT2D eigenvalue weighted by molar-refractivity contribution is 7.07. The Balaban J connectivity index is 1.83. The van der Waals surface area contributed by atoms with Crippen LogP contribution in [0.3, 0.4) is 0 Å². The summed E-state index contributed by atoms with van der Waals surface area (Å²) in [6, 6.07) is 3.07. The van der Waals surface area contributed by atoms with Crippen LogP contribution < -0.4 is 5.32 Å². The second kappa shape index (κ2) is 4.94. The fourth-order valence-electron chi connectivity index (χ4n) is 2.33. The van der Waals surface area contributed by atoms with Gasteiger partial charge in [-0.2, -0.15) is 11.3 Å². The molecule has 1 nitrogen and oxygen atoms in total. The van der Waals surface area contributed by atoms with Crippen molar-refractivity contribution in [1.29, 1.82) is 0 Å². The Bertz CT molecular complexity index is 255. The Kier molecular flexibility index (Phi) is 3.60. The molecule has 14 heavy (non-hydrogen) atoms. The van der Waals surface area contributed by atoms with E-state index < -0.39 is 0 Å². The number of nitrogens with one attached hydrogen (secondary N) is 1. The van der Waals surface area contributed by atoms with Crippen LogP contribution in [-0.2, 0) is 0 Å². The summed E-state index contributed by atoms with van der Waals surface area (Å²) in [5, 5.41) is 8.14. The molecule has 2 rings (SSSR count). The van der Waals surface area contributed by atoms with E-state index in [4.69, 9.17) is 0 Å². The third-order valence-electron chi connectivity index (χ3n) is 3.13. The standard InChI is InChI=1S/C12H19NS/c1-2-6-13-12-4-3-10(8-12)11-5-7-14-9-11/h5,7,9-10,12-13H,2-4,6,8H2,1H3. The van der Waals surface area contributed by atoms with Crippen molar-refractivity contribution in [3.8, 4) is 0 Å². The van der Waals surface area contributed by atoms with Crippen molar-refractivity contribution >= 4 is 11.3 Å². The van der Waals surface area contributed by atoms with E-state index in [9.17, 15) is 0 Å². The van der Waals surface area contributed by atoms with Crippen LogP contribution in [0.1, 0.15) is 44.1 Å². The zero-order valence-electron chi connectivity index (χ0n) is 8.83. The predicted molar refractivity (Wildman–Crippen MR) is 63.0 cm³/mol. The van der Waals surface area contributed by atoms with Gasteiger partial charge < -0.3 is 5.32 Å². The van der Waals surface area contributed by atoms with Crippen molar-refractivity contribution in [2.75, 3.05) is 6.54 Å². The van der Waals surface area contributed by atoms with Crippen LogP contribution in [0.15, 0.2) is 16.8 Å². The molecule has 2 heteroatoms. The third-order valence-corrected chi connectivity index (χ3v) is 3.83. The first-order chi connectivity index (χ1) is 6.90. The Morgan fingerprint density at radius 3 is 3.14 bits per heavy atom. The van der Waals surface area contributed by atoms with Crippen LogP contribution >= 0.6 is 11.3 Å². The van der Waals surface area contributed by atoms with E-state index in [1.54, 1.807) is 5.56 Å².